The lowest BCUT2D eigenvalue weighted by atomic mass is 10.1. The van der Waals surface area contributed by atoms with Gasteiger partial charge in [-0.15, -0.1) is 24.0 Å². The summed E-state index contributed by atoms with van der Waals surface area (Å²) in [6.07, 6.45) is 2.41. The summed E-state index contributed by atoms with van der Waals surface area (Å²) in [5.41, 5.74) is 1.61. The normalized spacial score (nSPS) is 16.3. The largest absolute Gasteiger partial charge is 0.354 e. The van der Waals surface area contributed by atoms with E-state index in [0.29, 0.717) is 11.6 Å². The van der Waals surface area contributed by atoms with E-state index in [1.54, 1.807) is 13.0 Å². The molecule has 1 aliphatic rings. The fourth-order valence-electron chi connectivity index (χ4n) is 1.88. The van der Waals surface area contributed by atoms with E-state index in [1.807, 2.05) is 26.0 Å². The van der Waals surface area contributed by atoms with Gasteiger partial charge < -0.3 is 10.6 Å². The second kappa shape index (κ2) is 7.81. The monoisotopic (exact) mass is 391 g/mol. The van der Waals surface area contributed by atoms with Crippen LogP contribution >= 0.6 is 24.0 Å². The molecule has 20 heavy (non-hydrogen) atoms. The van der Waals surface area contributed by atoms with Crippen LogP contribution in [0, 0.1) is 12.7 Å². The Bertz CT molecular complexity index is 472. The first-order valence-corrected chi connectivity index (χ1v) is 6.93. The predicted octanol–water partition coefficient (Wildman–Crippen LogP) is 3.53. The smallest absolute Gasteiger partial charge is 0.191 e. The molecule has 1 atom stereocenters. The summed E-state index contributed by atoms with van der Waals surface area (Å²) in [7, 11) is 0. The zero-order valence-corrected chi connectivity index (χ0v) is 14.6. The molecular weight excluding hydrogens is 368 g/mol. The van der Waals surface area contributed by atoms with Gasteiger partial charge in [-0.3, -0.25) is 4.99 Å². The van der Waals surface area contributed by atoms with E-state index in [2.05, 4.69) is 15.6 Å². The molecule has 112 valence electrons. The summed E-state index contributed by atoms with van der Waals surface area (Å²) in [4.78, 5) is 4.41. The predicted molar refractivity (Wildman–Crippen MR) is 92.2 cm³/mol. The van der Waals surface area contributed by atoms with Gasteiger partial charge in [0.05, 0.1) is 6.04 Å². The standard InChI is InChI=1S/C15H22FN3.HI/c1-4-17-15(19-13-7-8-13)18-11(3)12-6-5-10(2)14(16)9-12;/h5-6,9,11,13H,4,7-8H2,1-3H3,(H2,17,18,19);1H. The van der Waals surface area contributed by atoms with E-state index in [9.17, 15) is 4.39 Å². The number of hydrogen-bond donors (Lipinski definition) is 2. The Labute approximate surface area is 137 Å². The molecule has 1 aromatic rings. The summed E-state index contributed by atoms with van der Waals surface area (Å²) < 4.78 is 13.6. The number of aliphatic imine (C=N–C) groups is 1. The molecule has 2 rings (SSSR count). The lowest BCUT2D eigenvalue weighted by molar-refractivity contribution is 0.607. The minimum absolute atomic E-state index is 0. The molecule has 1 saturated carbocycles. The molecule has 5 heteroatoms. The Balaban J connectivity index is 0.00000200. The van der Waals surface area contributed by atoms with Crippen molar-refractivity contribution in [1.82, 2.24) is 10.6 Å². The average molecular weight is 391 g/mol. The molecule has 0 bridgehead atoms. The van der Waals surface area contributed by atoms with Crippen molar-refractivity contribution in [3.05, 3.63) is 35.1 Å². The second-order valence-corrected chi connectivity index (χ2v) is 5.12. The van der Waals surface area contributed by atoms with Gasteiger partial charge in [0, 0.05) is 12.6 Å². The number of rotatable bonds is 4. The first-order valence-electron chi connectivity index (χ1n) is 6.93. The van der Waals surface area contributed by atoms with Gasteiger partial charge in [0.25, 0.3) is 0 Å². The molecule has 1 fully saturated rings. The number of hydrogen-bond acceptors (Lipinski definition) is 1. The Morgan fingerprint density at radius 3 is 2.70 bits per heavy atom. The maximum atomic E-state index is 13.6. The molecule has 0 aliphatic heterocycles. The van der Waals surface area contributed by atoms with E-state index in [1.165, 1.54) is 12.8 Å². The molecule has 2 N–H and O–H groups in total. The summed E-state index contributed by atoms with van der Waals surface area (Å²) in [6, 6.07) is 5.95. The Morgan fingerprint density at radius 1 is 1.45 bits per heavy atom. The van der Waals surface area contributed by atoms with Gasteiger partial charge in [-0.1, -0.05) is 12.1 Å². The molecule has 0 aromatic heterocycles. The molecule has 1 unspecified atom stereocenters. The number of nitrogens with one attached hydrogen (secondary N) is 2. The number of halogens is 2. The zero-order chi connectivity index (χ0) is 13.8. The number of nitrogens with zero attached hydrogens (tertiary/aromatic N) is 1. The van der Waals surface area contributed by atoms with Gasteiger partial charge in [-0.2, -0.15) is 0 Å². The van der Waals surface area contributed by atoms with Crippen LogP contribution in [0.3, 0.4) is 0 Å². The zero-order valence-electron chi connectivity index (χ0n) is 12.2. The summed E-state index contributed by atoms with van der Waals surface area (Å²) >= 11 is 0. The Hall–Kier alpha value is -0.850. The van der Waals surface area contributed by atoms with Gasteiger partial charge in [0.1, 0.15) is 5.82 Å². The van der Waals surface area contributed by atoms with Crippen molar-refractivity contribution in [2.75, 3.05) is 6.54 Å². The van der Waals surface area contributed by atoms with Crippen LogP contribution in [-0.2, 0) is 0 Å². The van der Waals surface area contributed by atoms with Crippen LogP contribution in [0.2, 0.25) is 0 Å². The second-order valence-electron chi connectivity index (χ2n) is 5.12. The summed E-state index contributed by atoms with van der Waals surface area (Å²) in [6.45, 7) is 6.53. The summed E-state index contributed by atoms with van der Waals surface area (Å²) in [5.74, 6) is 0.661. The molecule has 0 amide bonds. The van der Waals surface area contributed by atoms with Gasteiger partial charge in [-0.05, 0) is 50.8 Å². The third-order valence-corrected chi connectivity index (χ3v) is 3.28. The van der Waals surface area contributed by atoms with Gasteiger partial charge >= 0.3 is 0 Å². The third kappa shape index (κ3) is 4.92. The first-order chi connectivity index (χ1) is 9.10. The van der Waals surface area contributed by atoms with E-state index < -0.39 is 0 Å². The number of guanidine groups is 1. The molecule has 0 spiro atoms. The SMILES string of the molecule is CCN=C(NC1CC1)NC(C)c1ccc(C)c(F)c1.I. The minimum atomic E-state index is -0.157. The van der Waals surface area contributed by atoms with Crippen molar-refractivity contribution in [1.29, 1.82) is 0 Å². The van der Waals surface area contributed by atoms with Crippen molar-refractivity contribution in [3.8, 4) is 0 Å². The molecule has 1 aromatic carbocycles. The van der Waals surface area contributed by atoms with Crippen molar-refractivity contribution in [2.24, 2.45) is 4.99 Å². The van der Waals surface area contributed by atoms with Gasteiger partial charge in [0.15, 0.2) is 5.96 Å². The van der Waals surface area contributed by atoms with Crippen LogP contribution in [0.15, 0.2) is 23.2 Å². The maximum absolute atomic E-state index is 13.6. The van der Waals surface area contributed by atoms with Crippen LogP contribution in [0.1, 0.15) is 43.9 Å². The van der Waals surface area contributed by atoms with Crippen molar-refractivity contribution >= 4 is 29.9 Å². The van der Waals surface area contributed by atoms with Crippen LogP contribution < -0.4 is 10.6 Å². The van der Waals surface area contributed by atoms with Crippen molar-refractivity contribution in [3.63, 3.8) is 0 Å². The van der Waals surface area contributed by atoms with Crippen LogP contribution in [0.4, 0.5) is 4.39 Å². The molecule has 0 heterocycles. The average Bonchev–Trinajstić information content (AvgIpc) is 3.16. The van der Waals surface area contributed by atoms with E-state index >= 15 is 0 Å². The van der Waals surface area contributed by atoms with Gasteiger partial charge in [-0.25, -0.2) is 4.39 Å². The third-order valence-electron chi connectivity index (χ3n) is 3.28. The maximum Gasteiger partial charge on any atom is 0.191 e. The number of aryl methyl sites for hydroxylation is 1. The highest BCUT2D eigenvalue weighted by Crippen LogP contribution is 2.19. The molecular formula is C15H23FIN3. The molecule has 0 radical (unpaired) electrons. The lowest BCUT2D eigenvalue weighted by Crippen LogP contribution is -2.40. The highest BCUT2D eigenvalue weighted by molar-refractivity contribution is 14.0. The van der Waals surface area contributed by atoms with Gasteiger partial charge in [0.2, 0.25) is 0 Å². The highest BCUT2D eigenvalue weighted by atomic mass is 127. The molecule has 3 nitrogen and oxygen atoms in total. The van der Waals surface area contributed by atoms with Crippen LogP contribution in [0.5, 0.6) is 0 Å². The van der Waals surface area contributed by atoms with E-state index in [0.717, 1.165) is 18.1 Å². The Morgan fingerprint density at radius 2 is 2.15 bits per heavy atom. The first kappa shape index (κ1) is 17.2. The van der Waals surface area contributed by atoms with Crippen molar-refractivity contribution in [2.45, 2.75) is 45.7 Å². The fourth-order valence-corrected chi connectivity index (χ4v) is 1.88. The summed E-state index contributed by atoms with van der Waals surface area (Å²) in [5, 5.41) is 6.69. The number of benzene rings is 1. The quantitative estimate of drug-likeness (QED) is 0.468. The topological polar surface area (TPSA) is 36.4 Å². The van der Waals surface area contributed by atoms with Crippen LogP contribution in [-0.4, -0.2) is 18.5 Å². The van der Waals surface area contributed by atoms with Crippen LogP contribution in [0.25, 0.3) is 0 Å². The molecule has 0 saturated heterocycles. The molecule has 1 aliphatic carbocycles. The Kier molecular flexibility index (Phi) is 6.71. The minimum Gasteiger partial charge on any atom is -0.354 e. The van der Waals surface area contributed by atoms with Crippen molar-refractivity contribution < 1.29 is 4.39 Å². The highest BCUT2D eigenvalue weighted by Gasteiger charge is 2.23. The fraction of sp³-hybridized carbons (Fsp3) is 0.533. The van der Waals surface area contributed by atoms with E-state index in [-0.39, 0.29) is 35.8 Å². The van der Waals surface area contributed by atoms with E-state index in [4.69, 9.17) is 0 Å². The lowest BCUT2D eigenvalue weighted by Gasteiger charge is -2.18.